The van der Waals surface area contributed by atoms with Crippen molar-refractivity contribution in [3.63, 3.8) is 0 Å². The van der Waals surface area contributed by atoms with E-state index in [0.717, 1.165) is 49.0 Å². The van der Waals surface area contributed by atoms with Crippen LogP contribution in [-0.4, -0.2) is 33.2 Å². The zero-order valence-corrected chi connectivity index (χ0v) is 14.6. The molecule has 0 radical (unpaired) electrons. The van der Waals surface area contributed by atoms with Crippen LogP contribution in [0.4, 0.5) is 0 Å². The summed E-state index contributed by atoms with van der Waals surface area (Å²) in [5.41, 5.74) is 2.20. The van der Waals surface area contributed by atoms with Crippen LogP contribution in [0.25, 0.3) is 11.5 Å². The Labute approximate surface area is 151 Å². The van der Waals surface area contributed by atoms with Gasteiger partial charge in [-0.05, 0) is 55.8 Å². The van der Waals surface area contributed by atoms with Gasteiger partial charge in [0.05, 0.1) is 0 Å². The molecule has 0 atom stereocenters. The van der Waals surface area contributed by atoms with Gasteiger partial charge < -0.3 is 4.42 Å². The van der Waals surface area contributed by atoms with Crippen LogP contribution in [0.2, 0.25) is 5.02 Å². The Hall–Kier alpha value is -2.24. The summed E-state index contributed by atoms with van der Waals surface area (Å²) in [6.45, 7) is 3.01. The maximum atomic E-state index is 5.95. The quantitative estimate of drug-likeness (QED) is 0.704. The smallest absolute Gasteiger partial charge is 0.247 e. The molecule has 1 aromatic carbocycles. The molecule has 4 rings (SSSR count). The molecule has 3 heterocycles. The molecule has 1 aliphatic heterocycles. The van der Waals surface area contributed by atoms with Crippen LogP contribution in [0.5, 0.6) is 0 Å². The highest BCUT2D eigenvalue weighted by Crippen LogP contribution is 2.29. The summed E-state index contributed by atoms with van der Waals surface area (Å²) in [7, 11) is 0. The highest BCUT2D eigenvalue weighted by Gasteiger charge is 2.25. The Morgan fingerprint density at radius 1 is 1.00 bits per heavy atom. The predicted molar refractivity (Wildman–Crippen MR) is 96.2 cm³/mol. The number of benzene rings is 1. The average Bonchev–Trinajstić information content (AvgIpc) is 3.15. The molecule has 0 aliphatic carbocycles. The van der Waals surface area contributed by atoms with E-state index < -0.39 is 0 Å². The zero-order chi connectivity index (χ0) is 17.1. The second-order valence-electron chi connectivity index (χ2n) is 6.36. The number of rotatable bonds is 4. The fourth-order valence-electron chi connectivity index (χ4n) is 3.20. The molecule has 0 spiro atoms. The third-order valence-corrected chi connectivity index (χ3v) is 4.88. The first-order valence-electron chi connectivity index (χ1n) is 8.48. The third-order valence-electron chi connectivity index (χ3n) is 4.62. The number of halogens is 1. The second kappa shape index (κ2) is 7.33. The van der Waals surface area contributed by atoms with Crippen molar-refractivity contribution < 1.29 is 4.42 Å². The van der Waals surface area contributed by atoms with Crippen LogP contribution in [0.3, 0.4) is 0 Å². The van der Waals surface area contributed by atoms with E-state index in [1.165, 1.54) is 5.56 Å². The molecule has 3 aromatic rings. The van der Waals surface area contributed by atoms with Crippen molar-refractivity contribution in [2.75, 3.05) is 13.1 Å². The first-order valence-corrected chi connectivity index (χ1v) is 8.86. The largest absolute Gasteiger partial charge is 0.420 e. The van der Waals surface area contributed by atoms with Crippen LogP contribution < -0.4 is 0 Å². The first-order chi connectivity index (χ1) is 12.3. The maximum Gasteiger partial charge on any atom is 0.247 e. The molecule has 1 fully saturated rings. The number of hydrogen-bond donors (Lipinski definition) is 0. The molecule has 1 saturated heterocycles. The number of likely N-dealkylation sites (tertiary alicyclic amines) is 1. The van der Waals surface area contributed by atoms with Crippen LogP contribution in [0.15, 0.2) is 53.2 Å². The van der Waals surface area contributed by atoms with Crippen molar-refractivity contribution in [3.8, 4) is 11.5 Å². The van der Waals surface area contributed by atoms with Gasteiger partial charge in [-0.1, -0.05) is 23.7 Å². The number of piperidine rings is 1. The first kappa shape index (κ1) is 16.2. The van der Waals surface area contributed by atoms with Gasteiger partial charge in [-0.15, -0.1) is 10.2 Å². The van der Waals surface area contributed by atoms with Gasteiger partial charge in [-0.2, -0.15) is 0 Å². The highest BCUT2D eigenvalue weighted by molar-refractivity contribution is 6.30. The molecule has 1 aliphatic rings. The lowest BCUT2D eigenvalue weighted by Crippen LogP contribution is -2.32. The van der Waals surface area contributed by atoms with E-state index in [2.05, 4.69) is 32.2 Å². The van der Waals surface area contributed by atoms with Crippen LogP contribution in [-0.2, 0) is 6.54 Å². The molecule has 5 nitrogen and oxygen atoms in total. The molecule has 6 heteroatoms. The molecule has 0 saturated carbocycles. The Balaban J connectivity index is 1.36. The van der Waals surface area contributed by atoms with Gasteiger partial charge in [0, 0.05) is 35.4 Å². The van der Waals surface area contributed by atoms with Crippen molar-refractivity contribution in [1.29, 1.82) is 0 Å². The monoisotopic (exact) mass is 354 g/mol. The maximum absolute atomic E-state index is 5.95. The van der Waals surface area contributed by atoms with Crippen molar-refractivity contribution in [2.45, 2.75) is 25.3 Å². The molecule has 128 valence electrons. The van der Waals surface area contributed by atoms with Crippen molar-refractivity contribution in [1.82, 2.24) is 20.1 Å². The van der Waals surface area contributed by atoms with Crippen LogP contribution >= 0.6 is 11.6 Å². The molecule has 0 bridgehead atoms. The third kappa shape index (κ3) is 3.89. The van der Waals surface area contributed by atoms with Crippen molar-refractivity contribution >= 4 is 11.6 Å². The van der Waals surface area contributed by atoms with Gasteiger partial charge in [0.15, 0.2) is 0 Å². The van der Waals surface area contributed by atoms with Gasteiger partial charge in [0.2, 0.25) is 11.8 Å². The van der Waals surface area contributed by atoms with Crippen LogP contribution in [0.1, 0.15) is 30.2 Å². The normalized spacial score (nSPS) is 16.2. The van der Waals surface area contributed by atoms with Crippen molar-refractivity contribution in [2.24, 2.45) is 0 Å². The topological polar surface area (TPSA) is 55.1 Å². The fourth-order valence-corrected chi connectivity index (χ4v) is 3.32. The lowest BCUT2D eigenvalue weighted by atomic mass is 9.96. The van der Waals surface area contributed by atoms with E-state index in [0.29, 0.717) is 11.8 Å². The Morgan fingerprint density at radius 2 is 1.72 bits per heavy atom. The lowest BCUT2D eigenvalue weighted by molar-refractivity contribution is 0.193. The zero-order valence-electron chi connectivity index (χ0n) is 13.8. The minimum atomic E-state index is 0.338. The highest BCUT2D eigenvalue weighted by atomic mass is 35.5. The number of aromatic nitrogens is 3. The number of pyridine rings is 1. The Bertz CT molecular complexity index is 811. The molecule has 0 N–H and O–H groups in total. The summed E-state index contributed by atoms with van der Waals surface area (Å²) in [5.74, 6) is 1.66. The summed E-state index contributed by atoms with van der Waals surface area (Å²) >= 11 is 5.95. The predicted octanol–water partition coefficient (Wildman–Crippen LogP) is 4.16. The SMILES string of the molecule is Clc1ccc(CN2CCC(c3nnc(-c4ccncc4)o3)CC2)cc1. The van der Waals surface area contributed by atoms with E-state index in [9.17, 15) is 0 Å². The molecular weight excluding hydrogens is 336 g/mol. The Kier molecular flexibility index (Phi) is 4.76. The van der Waals surface area contributed by atoms with Gasteiger partial charge in [0.1, 0.15) is 0 Å². The molecular formula is C19H19ClN4O. The molecule has 2 aromatic heterocycles. The van der Waals surface area contributed by atoms with Gasteiger partial charge in [-0.25, -0.2) is 0 Å². The summed E-state index contributed by atoms with van der Waals surface area (Å²) in [6.07, 6.45) is 5.53. The summed E-state index contributed by atoms with van der Waals surface area (Å²) in [4.78, 5) is 6.47. The molecule has 25 heavy (non-hydrogen) atoms. The van der Waals surface area contributed by atoms with Gasteiger partial charge in [0.25, 0.3) is 0 Å². The summed E-state index contributed by atoms with van der Waals surface area (Å²) in [5, 5.41) is 9.23. The van der Waals surface area contributed by atoms with Crippen LogP contribution in [0, 0.1) is 0 Å². The average molecular weight is 355 g/mol. The number of nitrogens with zero attached hydrogens (tertiary/aromatic N) is 4. The van der Waals surface area contributed by atoms with E-state index in [4.69, 9.17) is 16.0 Å². The van der Waals surface area contributed by atoms with E-state index in [1.54, 1.807) is 12.4 Å². The molecule has 0 amide bonds. The van der Waals surface area contributed by atoms with Gasteiger partial charge in [-0.3, -0.25) is 9.88 Å². The van der Waals surface area contributed by atoms with Gasteiger partial charge >= 0.3 is 0 Å². The standard InChI is InChI=1S/C19H19ClN4O/c20-17-3-1-14(2-4-17)13-24-11-7-16(8-12-24)19-23-22-18(25-19)15-5-9-21-10-6-15/h1-6,9-10,16H,7-8,11-13H2. The minimum Gasteiger partial charge on any atom is -0.420 e. The summed E-state index contributed by atoms with van der Waals surface area (Å²) < 4.78 is 5.89. The Morgan fingerprint density at radius 3 is 2.44 bits per heavy atom. The minimum absolute atomic E-state index is 0.338. The molecule has 0 unspecified atom stereocenters. The van der Waals surface area contributed by atoms with E-state index in [-0.39, 0.29) is 0 Å². The summed E-state index contributed by atoms with van der Waals surface area (Å²) in [6, 6.07) is 11.8. The second-order valence-corrected chi connectivity index (χ2v) is 6.79. The van der Waals surface area contributed by atoms with Crippen molar-refractivity contribution in [3.05, 3.63) is 65.3 Å². The lowest BCUT2D eigenvalue weighted by Gasteiger charge is -2.30. The van der Waals surface area contributed by atoms with E-state index in [1.807, 2.05) is 24.3 Å². The number of hydrogen-bond acceptors (Lipinski definition) is 5. The fraction of sp³-hybridized carbons (Fsp3) is 0.316. The van der Waals surface area contributed by atoms with E-state index >= 15 is 0 Å².